The van der Waals surface area contributed by atoms with Crippen LogP contribution in [0.4, 0.5) is 5.69 Å². The molecule has 2 aromatic carbocycles. The molecule has 21 heavy (non-hydrogen) atoms. The molecule has 0 saturated carbocycles. The van der Waals surface area contributed by atoms with E-state index in [1.165, 1.54) is 18.2 Å². The SMILES string of the molecule is N/C(=N/O)c1ccccc1NC(=O)c1ccc(Cl)cc1O. The molecule has 0 aliphatic heterocycles. The topological polar surface area (TPSA) is 108 Å². The van der Waals surface area contributed by atoms with E-state index in [1.54, 1.807) is 24.3 Å². The van der Waals surface area contributed by atoms with Gasteiger partial charge in [-0.3, -0.25) is 4.79 Å². The number of aromatic hydroxyl groups is 1. The fourth-order valence-corrected chi connectivity index (χ4v) is 1.92. The minimum atomic E-state index is -0.539. The highest BCUT2D eigenvalue weighted by Crippen LogP contribution is 2.23. The Morgan fingerprint density at radius 3 is 2.57 bits per heavy atom. The Balaban J connectivity index is 2.32. The van der Waals surface area contributed by atoms with Gasteiger partial charge >= 0.3 is 0 Å². The Labute approximate surface area is 125 Å². The zero-order valence-electron chi connectivity index (χ0n) is 10.7. The number of hydrogen-bond acceptors (Lipinski definition) is 4. The highest BCUT2D eigenvalue weighted by atomic mass is 35.5. The van der Waals surface area contributed by atoms with Crippen LogP contribution < -0.4 is 11.1 Å². The van der Waals surface area contributed by atoms with Crippen LogP contribution in [0.5, 0.6) is 5.75 Å². The van der Waals surface area contributed by atoms with E-state index in [4.69, 9.17) is 22.5 Å². The zero-order valence-corrected chi connectivity index (χ0v) is 11.5. The number of hydrogen-bond donors (Lipinski definition) is 4. The van der Waals surface area contributed by atoms with Crippen LogP contribution in [0, 0.1) is 0 Å². The van der Waals surface area contributed by atoms with Gasteiger partial charge in [-0.05, 0) is 30.3 Å². The first-order valence-corrected chi connectivity index (χ1v) is 6.27. The number of carbonyl (C=O) groups excluding carboxylic acids is 1. The second-order valence-corrected chi connectivity index (χ2v) is 4.58. The van der Waals surface area contributed by atoms with Gasteiger partial charge in [0.1, 0.15) is 5.75 Å². The van der Waals surface area contributed by atoms with E-state index < -0.39 is 5.91 Å². The maximum Gasteiger partial charge on any atom is 0.259 e. The molecule has 0 unspecified atom stereocenters. The lowest BCUT2D eigenvalue weighted by Crippen LogP contribution is -2.19. The number of carbonyl (C=O) groups is 1. The summed E-state index contributed by atoms with van der Waals surface area (Å²) in [5.41, 5.74) is 6.32. The number of rotatable bonds is 3. The lowest BCUT2D eigenvalue weighted by atomic mass is 10.1. The van der Waals surface area contributed by atoms with Gasteiger partial charge in [-0.1, -0.05) is 28.9 Å². The van der Waals surface area contributed by atoms with Crippen molar-refractivity contribution in [2.24, 2.45) is 10.9 Å². The first kappa shape index (κ1) is 14.7. The summed E-state index contributed by atoms with van der Waals surface area (Å²) in [6, 6.07) is 10.7. The summed E-state index contributed by atoms with van der Waals surface area (Å²) in [6.45, 7) is 0. The molecule has 0 heterocycles. The highest BCUT2D eigenvalue weighted by Gasteiger charge is 2.14. The quantitative estimate of drug-likeness (QED) is 0.302. The van der Waals surface area contributed by atoms with E-state index in [-0.39, 0.29) is 17.1 Å². The number of phenols is 1. The Bertz CT molecular complexity index is 716. The summed E-state index contributed by atoms with van der Waals surface area (Å²) in [5.74, 6) is -0.908. The normalized spacial score (nSPS) is 11.2. The molecule has 1 amide bonds. The standard InChI is InChI=1S/C14H12ClN3O3/c15-8-5-6-10(12(19)7-8)14(20)17-11-4-2-1-3-9(11)13(16)18-21/h1-7,19,21H,(H2,16,18)(H,17,20). The van der Waals surface area contributed by atoms with Crippen LogP contribution in [0.25, 0.3) is 0 Å². The number of phenolic OH excluding ortho intramolecular Hbond substituents is 1. The van der Waals surface area contributed by atoms with Crippen molar-refractivity contribution in [3.05, 3.63) is 58.6 Å². The Morgan fingerprint density at radius 2 is 1.90 bits per heavy atom. The highest BCUT2D eigenvalue weighted by molar-refractivity contribution is 6.31. The van der Waals surface area contributed by atoms with Gasteiger partial charge in [0.15, 0.2) is 5.84 Å². The number of para-hydroxylation sites is 1. The number of anilines is 1. The van der Waals surface area contributed by atoms with E-state index in [2.05, 4.69) is 10.5 Å². The third kappa shape index (κ3) is 3.24. The number of amides is 1. The number of nitrogens with one attached hydrogen (secondary N) is 1. The minimum absolute atomic E-state index is 0.0636. The van der Waals surface area contributed by atoms with Gasteiger partial charge in [0.2, 0.25) is 0 Å². The monoisotopic (exact) mass is 305 g/mol. The van der Waals surface area contributed by atoms with Crippen molar-refractivity contribution >= 4 is 29.0 Å². The molecule has 0 saturated heterocycles. The van der Waals surface area contributed by atoms with Crippen LogP contribution in [0.1, 0.15) is 15.9 Å². The number of amidine groups is 1. The van der Waals surface area contributed by atoms with Crippen molar-refractivity contribution in [3.8, 4) is 5.75 Å². The number of nitrogens with zero attached hydrogens (tertiary/aromatic N) is 1. The molecule has 0 spiro atoms. The van der Waals surface area contributed by atoms with E-state index in [0.717, 1.165) is 0 Å². The molecule has 0 aromatic heterocycles. The van der Waals surface area contributed by atoms with Gasteiger partial charge in [-0.15, -0.1) is 0 Å². The Kier molecular flexibility index (Phi) is 4.30. The number of oxime groups is 1. The van der Waals surface area contributed by atoms with Crippen LogP contribution in [-0.2, 0) is 0 Å². The molecule has 5 N–H and O–H groups in total. The number of nitrogens with two attached hydrogens (primary N) is 1. The summed E-state index contributed by atoms with van der Waals surface area (Å²) in [4.78, 5) is 12.2. The maximum absolute atomic E-state index is 12.2. The summed E-state index contributed by atoms with van der Waals surface area (Å²) in [5, 5.41) is 24.3. The molecule has 2 aromatic rings. The fourth-order valence-electron chi connectivity index (χ4n) is 1.76. The Morgan fingerprint density at radius 1 is 1.19 bits per heavy atom. The van der Waals surface area contributed by atoms with Crippen LogP contribution >= 0.6 is 11.6 Å². The summed E-state index contributed by atoms with van der Waals surface area (Å²) < 4.78 is 0. The smallest absolute Gasteiger partial charge is 0.259 e. The number of benzene rings is 2. The molecule has 0 aliphatic rings. The Hall–Kier alpha value is -2.73. The molecular formula is C14H12ClN3O3. The van der Waals surface area contributed by atoms with Gasteiger partial charge < -0.3 is 21.4 Å². The average Bonchev–Trinajstić information content (AvgIpc) is 2.46. The zero-order chi connectivity index (χ0) is 15.4. The average molecular weight is 306 g/mol. The van der Waals surface area contributed by atoms with Crippen molar-refractivity contribution in [2.45, 2.75) is 0 Å². The van der Waals surface area contributed by atoms with Gasteiger partial charge in [0.05, 0.1) is 11.3 Å². The van der Waals surface area contributed by atoms with Crippen LogP contribution in [0.3, 0.4) is 0 Å². The first-order chi connectivity index (χ1) is 10.0. The van der Waals surface area contributed by atoms with Crippen LogP contribution in [0.15, 0.2) is 47.6 Å². The fraction of sp³-hybridized carbons (Fsp3) is 0. The van der Waals surface area contributed by atoms with E-state index in [0.29, 0.717) is 16.3 Å². The largest absolute Gasteiger partial charge is 0.507 e. The molecule has 0 bridgehead atoms. The van der Waals surface area contributed by atoms with Crippen molar-refractivity contribution in [1.82, 2.24) is 0 Å². The maximum atomic E-state index is 12.2. The minimum Gasteiger partial charge on any atom is -0.507 e. The summed E-state index contributed by atoms with van der Waals surface area (Å²) >= 11 is 5.72. The molecule has 0 radical (unpaired) electrons. The second-order valence-electron chi connectivity index (χ2n) is 4.15. The third-order valence-corrected chi connectivity index (χ3v) is 3.00. The number of halogens is 1. The summed E-state index contributed by atoms with van der Waals surface area (Å²) in [6.07, 6.45) is 0. The molecule has 7 heteroatoms. The predicted molar refractivity (Wildman–Crippen MR) is 80.0 cm³/mol. The molecule has 0 atom stereocenters. The lowest BCUT2D eigenvalue weighted by molar-refractivity contribution is 0.102. The van der Waals surface area contributed by atoms with Gasteiger partial charge in [-0.25, -0.2) is 0 Å². The van der Waals surface area contributed by atoms with Crippen LogP contribution in [0.2, 0.25) is 5.02 Å². The molecule has 2 rings (SSSR count). The lowest BCUT2D eigenvalue weighted by Gasteiger charge is -2.10. The van der Waals surface area contributed by atoms with Crippen molar-refractivity contribution in [3.63, 3.8) is 0 Å². The third-order valence-electron chi connectivity index (χ3n) is 2.76. The predicted octanol–water partition coefficient (Wildman–Crippen LogP) is 2.39. The summed E-state index contributed by atoms with van der Waals surface area (Å²) in [7, 11) is 0. The molecule has 108 valence electrons. The van der Waals surface area contributed by atoms with Crippen molar-refractivity contribution in [2.75, 3.05) is 5.32 Å². The molecule has 0 aliphatic carbocycles. The van der Waals surface area contributed by atoms with E-state index >= 15 is 0 Å². The van der Waals surface area contributed by atoms with Gasteiger partial charge in [-0.2, -0.15) is 0 Å². The van der Waals surface area contributed by atoms with Crippen LogP contribution in [-0.4, -0.2) is 22.1 Å². The molecular weight excluding hydrogens is 294 g/mol. The van der Waals surface area contributed by atoms with Gasteiger partial charge in [0.25, 0.3) is 5.91 Å². The second kappa shape index (κ2) is 6.15. The molecule has 6 nitrogen and oxygen atoms in total. The van der Waals surface area contributed by atoms with E-state index in [1.807, 2.05) is 0 Å². The van der Waals surface area contributed by atoms with Gasteiger partial charge in [0, 0.05) is 10.6 Å². The molecule has 0 fully saturated rings. The first-order valence-electron chi connectivity index (χ1n) is 5.89. The van der Waals surface area contributed by atoms with E-state index in [9.17, 15) is 9.90 Å². The van der Waals surface area contributed by atoms with Crippen molar-refractivity contribution < 1.29 is 15.1 Å². The van der Waals surface area contributed by atoms with Crippen molar-refractivity contribution in [1.29, 1.82) is 0 Å².